The lowest BCUT2D eigenvalue weighted by atomic mass is 10.1. The van der Waals surface area contributed by atoms with Crippen molar-refractivity contribution in [3.8, 4) is 0 Å². The molecule has 0 spiro atoms. The van der Waals surface area contributed by atoms with Crippen LogP contribution in [0.4, 0.5) is 11.4 Å². The van der Waals surface area contributed by atoms with Gasteiger partial charge in [0.25, 0.3) is 5.91 Å². The normalized spacial score (nSPS) is 16.9. The van der Waals surface area contributed by atoms with Crippen LogP contribution in [0.3, 0.4) is 0 Å². The average Bonchev–Trinajstić information content (AvgIpc) is 2.94. The highest BCUT2D eigenvalue weighted by Crippen LogP contribution is 2.38. The van der Waals surface area contributed by atoms with Gasteiger partial charge in [-0.05, 0) is 66.3 Å². The summed E-state index contributed by atoms with van der Waals surface area (Å²) >= 11 is 17.7. The molecular formula is C21H14Cl2N2OS. The van der Waals surface area contributed by atoms with Crippen LogP contribution in [0.15, 0.2) is 78.9 Å². The maximum Gasteiger partial charge on any atom is 0.261 e. The van der Waals surface area contributed by atoms with Crippen LogP contribution in [0, 0.1) is 0 Å². The number of thiocarbonyl (C=S) groups is 1. The lowest BCUT2D eigenvalue weighted by Gasteiger charge is -2.24. The molecule has 0 aliphatic carbocycles. The number of benzene rings is 3. The van der Waals surface area contributed by atoms with Gasteiger partial charge in [-0.15, -0.1) is 0 Å². The van der Waals surface area contributed by atoms with E-state index in [0.29, 0.717) is 20.8 Å². The fourth-order valence-corrected chi connectivity index (χ4v) is 3.82. The lowest BCUT2D eigenvalue weighted by molar-refractivity contribution is -0.118. The minimum absolute atomic E-state index is 0.108. The quantitative estimate of drug-likeness (QED) is 0.502. The Kier molecular flexibility index (Phi) is 4.87. The van der Waals surface area contributed by atoms with Crippen molar-refractivity contribution in [2.24, 2.45) is 0 Å². The van der Waals surface area contributed by atoms with Crippen molar-refractivity contribution in [2.45, 2.75) is 6.04 Å². The van der Waals surface area contributed by atoms with Crippen LogP contribution in [0.5, 0.6) is 0 Å². The van der Waals surface area contributed by atoms with Crippen LogP contribution >= 0.6 is 35.4 Å². The lowest BCUT2D eigenvalue weighted by Crippen LogP contribution is -2.32. The van der Waals surface area contributed by atoms with E-state index in [1.807, 2.05) is 47.4 Å². The number of hydrogen-bond acceptors (Lipinski definition) is 2. The molecule has 1 unspecified atom stereocenters. The highest BCUT2D eigenvalue weighted by atomic mass is 35.5. The Bertz CT molecular complexity index is 991. The van der Waals surface area contributed by atoms with Crippen molar-refractivity contribution in [1.82, 2.24) is 0 Å². The molecule has 3 aromatic rings. The standard InChI is InChI=1S/C21H14Cl2N2OS/c22-15-6-10-17(11-7-15)24-19(14-4-2-1-3-5-14)20(26)25(21(24)27)18-12-8-16(23)9-13-18/h1-13,19H. The van der Waals surface area contributed by atoms with E-state index < -0.39 is 6.04 Å². The second-order valence-corrected chi connectivity index (χ2v) is 7.33. The van der Waals surface area contributed by atoms with Crippen LogP contribution in [0.1, 0.15) is 11.6 Å². The predicted octanol–water partition coefficient (Wildman–Crippen LogP) is 5.87. The number of rotatable bonds is 3. The summed E-state index contributed by atoms with van der Waals surface area (Å²) in [6, 6.07) is 23.4. The summed E-state index contributed by atoms with van der Waals surface area (Å²) in [6.07, 6.45) is 0. The summed E-state index contributed by atoms with van der Waals surface area (Å²) < 4.78 is 0. The SMILES string of the molecule is O=C1C(c2ccccc2)N(c2ccc(Cl)cc2)C(=S)N1c1ccc(Cl)cc1. The van der Waals surface area contributed by atoms with Crippen molar-refractivity contribution >= 4 is 57.8 Å². The Hall–Kier alpha value is -2.40. The fraction of sp³-hybridized carbons (Fsp3) is 0.0476. The van der Waals surface area contributed by atoms with Gasteiger partial charge in [-0.2, -0.15) is 0 Å². The first kappa shape index (κ1) is 18.0. The van der Waals surface area contributed by atoms with Gasteiger partial charge in [0.15, 0.2) is 5.11 Å². The zero-order chi connectivity index (χ0) is 19.0. The third-order valence-corrected chi connectivity index (χ3v) is 5.30. The van der Waals surface area contributed by atoms with E-state index in [-0.39, 0.29) is 5.91 Å². The Morgan fingerprint density at radius 3 is 1.81 bits per heavy atom. The van der Waals surface area contributed by atoms with Gasteiger partial charge in [0.1, 0.15) is 6.04 Å². The fourth-order valence-electron chi connectivity index (χ4n) is 3.16. The summed E-state index contributed by atoms with van der Waals surface area (Å²) in [5.74, 6) is -0.108. The van der Waals surface area contributed by atoms with Gasteiger partial charge in [0.05, 0.1) is 5.69 Å². The Balaban J connectivity index is 1.83. The molecule has 27 heavy (non-hydrogen) atoms. The van der Waals surface area contributed by atoms with Crippen molar-refractivity contribution in [1.29, 1.82) is 0 Å². The molecule has 0 saturated carbocycles. The molecule has 4 rings (SSSR count). The minimum Gasteiger partial charge on any atom is -0.302 e. The van der Waals surface area contributed by atoms with E-state index in [1.165, 1.54) is 0 Å². The minimum atomic E-state index is -0.546. The van der Waals surface area contributed by atoms with Gasteiger partial charge in [0.2, 0.25) is 0 Å². The molecule has 0 radical (unpaired) electrons. The molecule has 1 atom stereocenters. The number of anilines is 2. The molecule has 1 fully saturated rings. The average molecular weight is 413 g/mol. The van der Waals surface area contributed by atoms with Gasteiger partial charge in [0, 0.05) is 15.7 Å². The number of amides is 1. The third-order valence-electron chi connectivity index (χ3n) is 4.41. The monoisotopic (exact) mass is 412 g/mol. The number of hydrogen-bond donors (Lipinski definition) is 0. The summed E-state index contributed by atoms with van der Waals surface area (Å²) in [6.45, 7) is 0. The first-order valence-corrected chi connectivity index (χ1v) is 9.46. The molecule has 1 heterocycles. The topological polar surface area (TPSA) is 23.6 Å². The van der Waals surface area contributed by atoms with Gasteiger partial charge in [-0.25, -0.2) is 0 Å². The zero-order valence-electron chi connectivity index (χ0n) is 14.0. The number of carbonyl (C=O) groups excluding carboxylic acids is 1. The number of nitrogens with zero attached hydrogens (tertiary/aromatic N) is 2. The van der Waals surface area contributed by atoms with Gasteiger partial charge >= 0.3 is 0 Å². The molecule has 6 heteroatoms. The summed E-state index contributed by atoms with van der Waals surface area (Å²) in [4.78, 5) is 16.8. The van der Waals surface area contributed by atoms with Gasteiger partial charge in [-0.1, -0.05) is 53.5 Å². The third kappa shape index (κ3) is 3.32. The zero-order valence-corrected chi connectivity index (χ0v) is 16.4. The molecule has 1 amide bonds. The Morgan fingerprint density at radius 2 is 1.26 bits per heavy atom. The van der Waals surface area contributed by atoms with E-state index in [2.05, 4.69) is 0 Å². The molecule has 1 aliphatic heterocycles. The second kappa shape index (κ2) is 7.31. The van der Waals surface area contributed by atoms with Gasteiger partial charge in [-0.3, -0.25) is 9.69 Å². The number of halogens is 2. The van der Waals surface area contributed by atoms with Gasteiger partial charge < -0.3 is 4.90 Å². The maximum atomic E-state index is 13.4. The van der Waals surface area contributed by atoms with E-state index in [4.69, 9.17) is 35.4 Å². The molecule has 0 bridgehead atoms. The predicted molar refractivity (Wildman–Crippen MR) is 115 cm³/mol. The van der Waals surface area contributed by atoms with E-state index in [0.717, 1.165) is 11.3 Å². The van der Waals surface area contributed by atoms with Crippen molar-refractivity contribution < 1.29 is 4.79 Å². The largest absolute Gasteiger partial charge is 0.302 e. The van der Waals surface area contributed by atoms with Crippen LogP contribution < -0.4 is 9.80 Å². The van der Waals surface area contributed by atoms with Crippen molar-refractivity contribution in [2.75, 3.05) is 9.80 Å². The van der Waals surface area contributed by atoms with Crippen LogP contribution in [-0.2, 0) is 4.79 Å². The molecule has 0 aromatic heterocycles. The Morgan fingerprint density at radius 1 is 0.741 bits per heavy atom. The maximum absolute atomic E-state index is 13.4. The molecule has 1 aliphatic rings. The molecule has 3 aromatic carbocycles. The molecular weight excluding hydrogens is 399 g/mol. The first-order chi connectivity index (χ1) is 13.1. The number of carbonyl (C=O) groups is 1. The molecule has 0 N–H and O–H groups in total. The first-order valence-electron chi connectivity index (χ1n) is 8.29. The highest BCUT2D eigenvalue weighted by molar-refractivity contribution is 7.81. The second-order valence-electron chi connectivity index (χ2n) is 6.09. The smallest absolute Gasteiger partial charge is 0.261 e. The summed E-state index contributed by atoms with van der Waals surface area (Å²) in [5, 5.41) is 1.64. The molecule has 1 saturated heterocycles. The van der Waals surface area contributed by atoms with Crippen molar-refractivity contribution in [3.05, 3.63) is 94.5 Å². The van der Waals surface area contributed by atoms with Crippen LogP contribution in [-0.4, -0.2) is 11.0 Å². The van der Waals surface area contributed by atoms with E-state index in [9.17, 15) is 4.79 Å². The van der Waals surface area contributed by atoms with E-state index >= 15 is 0 Å². The van der Waals surface area contributed by atoms with Crippen LogP contribution in [0.2, 0.25) is 10.0 Å². The highest BCUT2D eigenvalue weighted by Gasteiger charge is 2.44. The molecule has 134 valence electrons. The van der Waals surface area contributed by atoms with Crippen LogP contribution in [0.25, 0.3) is 0 Å². The Labute approximate surface area is 172 Å². The summed E-state index contributed by atoms with van der Waals surface area (Å²) in [7, 11) is 0. The van der Waals surface area contributed by atoms with Crippen molar-refractivity contribution in [3.63, 3.8) is 0 Å². The summed E-state index contributed by atoms with van der Waals surface area (Å²) in [5.41, 5.74) is 2.37. The molecule has 3 nitrogen and oxygen atoms in total. The van der Waals surface area contributed by atoms with E-state index in [1.54, 1.807) is 41.3 Å².